The number of rotatable bonds is 3. The van der Waals surface area contributed by atoms with Gasteiger partial charge in [-0.15, -0.1) is 0 Å². The molecule has 0 saturated heterocycles. The van der Waals surface area contributed by atoms with Crippen molar-refractivity contribution in [1.82, 2.24) is 0 Å². The van der Waals surface area contributed by atoms with Gasteiger partial charge in [0, 0.05) is 23.2 Å². The number of benzene rings is 2. The van der Waals surface area contributed by atoms with Crippen molar-refractivity contribution in [3.05, 3.63) is 42.0 Å². The molecular weight excluding hydrogens is 248 g/mol. The maximum Gasteiger partial charge on any atom is 0.227 e. The van der Waals surface area contributed by atoms with Gasteiger partial charge in [-0.2, -0.15) is 0 Å². The van der Waals surface area contributed by atoms with Crippen LogP contribution in [-0.2, 0) is 4.79 Å². The van der Waals surface area contributed by atoms with Crippen molar-refractivity contribution < 1.29 is 4.79 Å². The summed E-state index contributed by atoms with van der Waals surface area (Å²) < 4.78 is 0. The normalized spacial score (nSPS) is 15.4. The van der Waals surface area contributed by atoms with Crippen molar-refractivity contribution in [1.29, 1.82) is 5.41 Å². The summed E-state index contributed by atoms with van der Waals surface area (Å²) in [5.41, 5.74) is 1.72. The van der Waals surface area contributed by atoms with Crippen LogP contribution in [0.5, 0.6) is 0 Å². The third-order valence-electron chi connectivity index (χ3n) is 4.10. The molecule has 1 amide bonds. The first-order valence-electron chi connectivity index (χ1n) is 7.12. The first kappa shape index (κ1) is 12.9. The van der Waals surface area contributed by atoms with Gasteiger partial charge >= 0.3 is 0 Å². The van der Waals surface area contributed by atoms with Crippen LogP contribution in [-0.4, -0.2) is 12.1 Å². The molecule has 0 aliphatic heterocycles. The molecule has 1 aliphatic rings. The largest absolute Gasteiger partial charge is 0.325 e. The molecule has 1 aliphatic carbocycles. The Kier molecular flexibility index (Phi) is 3.50. The van der Waals surface area contributed by atoms with E-state index in [1.807, 2.05) is 36.4 Å². The van der Waals surface area contributed by atoms with Crippen LogP contribution in [0.3, 0.4) is 0 Å². The van der Waals surface area contributed by atoms with Crippen LogP contribution in [0.25, 0.3) is 10.8 Å². The maximum atomic E-state index is 12.3. The van der Waals surface area contributed by atoms with Gasteiger partial charge in [-0.1, -0.05) is 43.2 Å². The van der Waals surface area contributed by atoms with Crippen LogP contribution in [0.15, 0.2) is 36.4 Å². The lowest BCUT2D eigenvalue weighted by molar-refractivity contribution is -0.119. The van der Waals surface area contributed by atoms with Gasteiger partial charge < -0.3 is 10.7 Å². The van der Waals surface area contributed by atoms with E-state index in [0.29, 0.717) is 0 Å². The molecule has 1 fully saturated rings. The van der Waals surface area contributed by atoms with Crippen molar-refractivity contribution in [3.8, 4) is 0 Å². The predicted octanol–water partition coefficient (Wildman–Crippen LogP) is 3.97. The molecule has 2 aromatic rings. The van der Waals surface area contributed by atoms with Crippen LogP contribution in [0.1, 0.15) is 31.2 Å². The molecule has 0 atom stereocenters. The van der Waals surface area contributed by atoms with Gasteiger partial charge in [-0.3, -0.25) is 4.79 Å². The Morgan fingerprint density at radius 2 is 1.80 bits per heavy atom. The van der Waals surface area contributed by atoms with E-state index >= 15 is 0 Å². The number of fused-ring (bicyclic) bond motifs is 1. The molecule has 2 N–H and O–H groups in total. The number of amides is 1. The standard InChI is InChI=1S/C17H18N2O/c18-11-13-9-10-16(15-8-4-3-7-14(13)15)19-17(20)12-5-1-2-6-12/h3-4,7-12,18H,1-2,5-6H2,(H,19,20). The SMILES string of the molecule is N=Cc1ccc(NC(=O)C2CCCC2)c2ccccc12. The molecule has 3 heteroatoms. The number of carbonyl (C=O) groups excluding carboxylic acids is 1. The fourth-order valence-electron chi connectivity index (χ4n) is 2.98. The van der Waals surface area contributed by atoms with E-state index in [0.717, 1.165) is 47.7 Å². The van der Waals surface area contributed by atoms with Gasteiger partial charge in [0.2, 0.25) is 5.91 Å². The molecule has 0 spiro atoms. The second-order valence-corrected chi connectivity index (χ2v) is 5.36. The Hall–Kier alpha value is -2.16. The molecule has 0 radical (unpaired) electrons. The van der Waals surface area contributed by atoms with E-state index in [1.165, 1.54) is 6.21 Å². The van der Waals surface area contributed by atoms with Gasteiger partial charge in [0.25, 0.3) is 0 Å². The molecule has 0 aromatic heterocycles. The Morgan fingerprint density at radius 1 is 1.10 bits per heavy atom. The molecule has 102 valence electrons. The molecule has 2 aromatic carbocycles. The summed E-state index contributed by atoms with van der Waals surface area (Å²) in [6.07, 6.45) is 5.67. The van der Waals surface area contributed by atoms with Gasteiger partial charge in [0.05, 0.1) is 0 Å². The topological polar surface area (TPSA) is 53.0 Å². The summed E-state index contributed by atoms with van der Waals surface area (Å²) in [7, 11) is 0. The van der Waals surface area contributed by atoms with Crippen molar-refractivity contribution in [3.63, 3.8) is 0 Å². The molecule has 0 bridgehead atoms. The predicted molar refractivity (Wildman–Crippen MR) is 82.4 cm³/mol. The van der Waals surface area contributed by atoms with E-state index in [2.05, 4.69) is 5.32 Å². The van der Waals surface area contributed by atoms with Gasteiger partial charge in [0.1, 0.15) is 0 Å². The highest BCUT2D eigenvalue weighted by Crippen LogP contribution is 2.29. The van der Waals surface area contributed by atoms with Crippen LogP contribution < -0.4 is 5.32 Å². The fourth-order valence-corrected chi connectivity index (χ4v) is 2.98. The van der Waals surface area contributed by atoms with Crippen molar-refractivity contribution >= 4 is 28.6 Å². The zero-order valence-electron chi connectivity index (χ0n) is 11.4. The molecular formula is C17H18N2O. The third-order valence-corrected chi connectivity index (χ3v) is 4.10. The fraction of sp³-hybridized carbons (Fsp3) is 0.294. The molecule has 0 unspecified atom stereocenters. The van der Waals surface area contributed by atoms with Crippen LogP contribution in [0.2, 0.25) is 0 Å². The number of nitrogens with one attached hydrogen (secondary N) is 2. The highest BCUT2D eigenvalue weighted by Gasteiger charge is 2.23. The molecule has 0 heterocycles. The number of anilines is 1. The van der Waals surface area contributed by atoms with Gasteiger partial charge in [-0.25, -0.2) is 0 Å². The summed E-state index contributed by atoms with van der Waals surface area (Å²) in [5, 5.41) is 12.5. The minimum atomic E-state index is 0.134. The lowest BCUT2D eigenvalue weighted by atomic mass is 10.0. The Morgan fingerprint density at radius 3 is 2.50 bits per heavy atom. The highest BCUT2D eigenvalue weighted by atomic mass is 16.1. The zero-order chi connectivity index (χ0) is 13.9. The lowest BCUT2D eigenvalue weighted by Crippen LogP contribution is -2.20. The summed E-state index contributed by atoms with van der Waals surface area (Å²) in [6.45, 7) is 0. The zero-order valence-corrected chi connectivity index (χ0v) is 11.4. The molecule has 3 nitrogen and oxygen atoms in total. The average Bonchev–Trinajstić information content (AvgIpc) is 3.02. The van der Waals surface area contributed by atoms with Gasteiger partial charge in [0.15, 0.2) is 0 Å². The van der Waals surface area contributed by atoms with Crippen molar-refractivity contribution in [2.45, 2.75) is 25.7 Å². The second kappa shape index (κ2) is 5.45. The number of hydrogen-bond acceptors (Lipinski definition) is 2. The first-order valence-corrected chi connectivity index (χ1v) is 7.12. The Balaban J connectivity index is 1.95. The minimum absolute atomic E-state index is 0.134. The lowest BCUT2D eigenvalue weighted by Gasteiger charge is -2.13. The van der Waals surface area contributed by atoms with E-state index in [-0.39, 0.29) is 11.8 Å². The van der Waals surface area contributed by atoms with E-state index < -0.39 is 0 Å². The second-order valence-electron chi connectivity index (χ2n) is 5.36. The highest BCUT2D eigenvalue weighted by molar-refractivity contribution is 6.08. The molecule has 3 rings (SSSR count). The monoisotopic (exact) mass is 266 g/mol. The van der Waals surface area contributed by atoms with Crippen LogP contribution in [0.4, 0.5) is 5.69 Å². The summed E-state index contributed by atoms with van der Waals surface area (Å²) in [6, 6.07) is 11.7. The van der Waals surface area contributed by atoms with Crippen molar-refractivity contribution in [2.24, 2.45) is 5.92 Å². The maximum absolute atomic E-state index is 12.3. The van der Waals surface area contributed by atoms with E-state index in [4.69, 9.17) is 5.41 Å². The Bertz CT molecular complexity index is 657. The van der Waals surface area contributed by atoms with Crippen LogP contribution in [0, 0.1) is 11.3 Å². The third kappa shape index (κ3) is 2.31. The number of hydrogen-bond donors (Lipinski definition) is 2. The first-order chi connectivity index (χ1) is 9.79. The number of carbonyl (C=O) groups is 1. The Labute approximate surface area is 118 Å². The van der Waals surface area contributed by atoms with Crippen molar-refractivity contribution in [2.75, 3.05) is 5.32 Å². The average molecular weight is 266 g/mol. The quantitative estimate of drug-likeness (QED) is 0.811. The smallest absolute Gasteiger partial charge is 0.227 e. The molecule has 1 saturated carbocycles. The summed E-state index contributed by atoms with van der Waals surface area (Å²) in [5.74, 6) is 0.298. The van der Waals surface area contributed by atoms with Crippen LogP contribution >= 0.6 is 0 Å². The summed E-state index contributed by atoms with van der Waals surface area (Å²) in [4.78, 5) is 12.3. The van der Waals surface area contributed by atoms with E-state index in [9.17, 15) is 4.79 Å². The van der Waals surface area contributed by atoms with Gasteiger partial charge in [-0.05, 0) is 29.9 Å². The minimum Gasteiger partial charge on any atom is -0.325 e. The van der Waals surface area contributed by atoms with E-state index in [1.54, 1.807) is 0 Å². The molecule has 20 heavy (non-hydrogen) atoms. The summed E-state index contributed by atoms with van der Waals surface area (Å²) >= 11 is 0.